The number of carboxylic acid groups (broad SMARTS) is 3. The van der Waals surface area contributed by atoms with Crippen LogP contribution in [0, 0.1) is 4.91 Å². The number of aliphatic carboxylic acids is 3. The van der Waals surface area contributed by atoms with Crippen molar-refractivity contribution in [2.45, 2.75) is 31.0 Å². The highest BCUT2D eigenvalue weighted by atomic mass is 32.2. The first-order valence-electron chi connectivity index (χ1n) is 7.77. The quantitative estimate of drug-likeness (QED) is 0.0818. The van der Waals surface area contributed by atoms with Gasteiger partial charge in [0.1, 0.15) is 24.7 Å². The van der Waals surface area contributed by atoms with E-state index >= 15 is 0 Å². The van der Waals surface area contributed by atoms with E-state index in [1.165, 1.54) is 0 Å². The molecule has 0 aromatic heterocycles. The molecule has 0 bridgehead atoms. The molecule has 0 aromatic rings. The summed E-state index contributed by atoms with van der Waals surface area (Å²) < 4.78 is 2.48. The van der Waals surface area contributed by atoms with E-state index in [0.717, 1.165) is 0 Å². The Hall–Kier alpha value is -2.43. The van der Waals surface area contributed by atoms with E-state index in [9.17, 15) is 28.9 Å². The SMILES string of the molecule is NC(CCC(=O)NC(CSN=O)C(=O)NCC(=O)O)C(=O)O.NC(CS)C(=O)O. The Kier molecular flexibility index (Phi) is 16.4. The molecular weight excluding hydrogens is 434 g/mol. The third-order valence-electron chi connectivity index (χ3n) is 2.87. The molecule has 9 N–H and O–H groups in total. The molecule has 3 atom stereocenters. The number of hydrogen-bond donors (Lipinski definition) is 8. The summed E-state index contributed by atoms with van der Waals surface area (Å²) in [6.07, 6.45) is -0.376. The van der Waals surface area contributed by atoms with E-state index in [2.05, 4.69) is 27.8 Å². The van der Waals surface area contributed by atoms with Gasteiger partial charge in [0.2, 0.25) is 11.8 Å². The van der Waals surface area contributed by atoms with E-state index in [-0.39, 0.29) is 24.3 Å². The van der Waals surface area contributed by atoms with Crippen molar-refractivity contribution in [2.24, 2.45) is 16.0 Å². The maximum absolute atomic E-state index is 11.7. The van der Waals surface area contributed by atoms with Crippen molar-refractivity contribution in [2.75, 3.05) is 18.1 Å². The fourth-order valence-corrected chi connectivity index (χ4v) is 1.93. The van der Waals surface area contributed by atoms with Gasteiger partial charge in [0.25, 0.3) is 0 Å². The van der Waals surface area contributed by atoms with Gasteiger partial charge in [-0.1, -0.05) is 0 Å². The van der Waals surface area contributed by atoms with Crippen LogP contribution in [-0.4, -0.2) is 81.2 Å². The number of nitroso groups, excluding NO2 is 1. The second kappa shape index (κ2) is 16.5. The summed E-state index contributed by atoms with van der Waals surface area (Å²) in [4.78, 5) is 64.0. The summed E-state index contributed by atoms with van der Waals surface area (Å²) in [5, 5.41) is 29.3. The number of amides is 2. The van der Waals surface area contributed by atoms with E-state index in [1.807, 2.05) is 0 Å². The van der Waals surface area contributed by atoms with Crippen LogP contribution in [-0.2, 0) is 24.0 Å². The Morgan fingerprint density at radius 1 is 1.03 bits per heavy atom. The summed E-state index contributed by atoms with van der Waals surface area (Å²) in [5.74, 6) is -4.99. The predicted octanol–water partition coefficient (Wildman–Crippen LogP) is -2.39. The van der Waals surface area contributed by atoms with Crippen molar-refractivity contribution in [3.05, 3.63) is 4.91 Å². The molecular formula is C13H23N5O9S2. The van der Waals surface area contributed by atoms with Crippen molar-refractivity contribution >= 4 is 54.3 Å². The van der Waals surface area contributed by atoms with E-state index in [1.54, 1.807) is 0 Å². The van der Waals surface area contributed by atoms with Gasteiger partial charge >= 0.3 is 17.9 Å². The fourth-order valence-electron chi connectivity index (χ4n) is 1.33. The highest BCUT2D eigenvalue weighted by Gasteiger charge is 2.22. The number of thiol groups is 1. The molecule has 3 unspecified atom stereocenters. The molecule has 2 amide bonds. The highest BCUT2D eigenvalue weighted by molar-refractivity contribution is 7.97. The Bertz CT molecular complexity index is 593. The Labute approximate surface area is 174 Å². The van der Waals surface area contributed by atoms with Gasteiger partial charge in [-0.05, 0) is 6.42 Å². The van der Waals surface area contributed by atoms with Crippen LogP contribution in [0.1, 0.15) is 12.8 Å². The summed E-state index contributed by atoms with van der Waals surface area (Å²) in [6.45, 7) is -0.645. The maximum atomic E-state index is 11.7. The monoisotopic (exact) mass is 457 g/mol. The molecule has 0 aliphatic heterocycles. The lowest BCUT2D eigenvalue weighted by Crippen LogP contribution is -2.49. The van der Waals surface area contributed by atoms with Crippen molar-refractivity contribution in [1.82, 2.24) is 10.6 Å². The zero-order valence-corrected chi connectivity index (χ0v) is 16.7. The first kappa shape index (κ1) is 28.8. The Balaban J connectivity index is 0. The Morgan fingerprint density at radius 2 is 1.59 bits per heavy atom. The van der Waals surface area contributed by atoms with Crippen LogP contribution in [0.4, 0.5) is 0 Å². The average Bonchev–Trinajstić information content (AvgIpc) is 2.66. The molecule has 0 rings (SSSR count). The standard InChI is InChI=1S/C10H16N4O7S.C3H7NO2S/c11-5(10(19)20)1-2-7(15)13-6(4-22-14-21)9(18)12-3-8(16)17;4-2(1-7)3(5)6/h5-6H,1-4,11H2,(H,12,18)(H,13,15)(H,16,17)(H,19,20);2,7H,1,4H2,(H,5,6). The topological polar surface area (TPSA) is 252 Å². The van der Waals surface area contributed by atoms with Crippen LogP contribution >= 0.6 is 24.6 Å². The molecule has 166 valence electrons. The molecule has 0 fully saturated rings. The van der Waals surface area contributed by atoms with Crippen molar-refractivity contribution < 1.29 is 39.3 Å². The van der Waals surface area contributed by atoms with Crippen LogP contribution in [0.3, 0.4) is 0 Å². The van der Waals surface area contributed by atoms with E-state index in [4.69, 9.17) is 26.8 Å². The number of nitrogens with two attached hydrogens (primary N) is 2. The van der Waals surface area contributed by atoms with Gasteiger partial charge in [-0.15, -0.1) is 4.91 Å². The number of carbonyl (C=O) groups is 5. The smallest absolute Gasteiger partial charge is 0.322 e. The number of hydrogen-bond acceptors (Lipinski definition) is 11. The van der Waals surface area contributed by atoms with Crippen LogP contribution < -0.4 is 22.1 Å². The number of carboxylic acids is 3. The van der Waals surface area contributed by atoms with Gasteiger partial charge in [-0.2, -0.15) is 12.6 Å². The molecule has 14 nitrogen and oxygen atoms in total. The van der Waals surface area contributed by atoms with Crippen LogP contribution in [0.5, 0.6) is 0 Å². The second-order valence-electron chi connectivity index (χ2n) is 5.21. The van der Waals surface area contributed by atoms with Crippen molar-refractivity contribution in [3.63, 3.8) is 0 Å². The minimum atomic E-state index is -1.27. The molecule has 0 saturated carbocycles. The maximum Gasteiger partial charge on any atom is 0.322 e. The molecule has 16 heteroatoms. The molecule has 0 heterocycles. The average molecular weight is 457 g/mol. The van der Waals surface area contributed by atoms with Gasteiger partial charge in [0.05, 0.1) is 0 Å². The zero-order valence-electron chi connectivity index (χ0n) is 15.0. The van der Waals surface area contributed by atoms with Crippen LogP contribution in [0.15, 0.2) is 4.58 Å². The van der Waals surface area contributed by atoms with Crippen molar-refractivity contribution in [3.8, 4) is 0 Å². The molecule has 0 aliphatic rings. The molecule has 0 aliphatic carbocycles. The summed E-state index contributed by atoms with van der Waals surface area (Å²) in [5.41, 5.74) is 10.2. The normalized spacial score (nSPS) is 12.9. The van der Waals surface area contributed by atoms with Gasteiger partial charge < -0.3 is 37.4 Å². The highest BCUT2D eigenvalue weighted by Crippen LogP contribution is 2.05. The van der Waals surface area contributed by atoms with Crippen molar-refractivity contribution in [1.29, 1.82) is 0 Å². The third kappa shape index (κ3) is 16.2. The summed E-state index contributed by atoms with van der Waals surface area (Å²) in [6, 6.07) is -3.20. The van der Waals surface area contributed by atoms with Gasteiger partial charge in [-0.25, -0.2) is 0 Å². The number of nitrogens with zero attached hydrogens (tertiary/aromatic N) is 1. The minimum absolute atomic E-state index is 0.135. The number of nitrogens with one attached hydrogen (secondary N) is 2. The van der Waals surface area contributed by atoms with E-state index < -0.39 is 54.4 Å². The molecule has 0 radical (unpaired) electrons. The Morgan fingerprint density at radius 3 is 1.97 bits per heavy atom. The zero-order chi connectivity index (χ0) is 23.0. The van der Waals surface area contributed by atoms with Crippen LogP contribution in [0.2, 0.25) is 0 Å². The van der Waals surface area contributed by atoms with Gasteiger partial charge in [0.15, 0.2) is 0 Å². The number of rotatable bonds is 13. The van der Waals surface area contributed by atoms with Crippen LogP contribution in [0.25, 0.3) is 0 Å². The fraction of sp³-hybridized carbons (Fsp3) is 0.615. The predicted molar refractivity (Wildman–Crippen MR) is 105 cm³/mol. The summed E-state index contributed by atoms with van der Waals surface area (Å²) in [7, 11) is 0. The van der Waals surface area contributed by atoms with Gasteiger partial charge in [-0.3, -0.25) is 24.0 Å². The molecule has 0 saturated heterocycles. The first-order valence-corrected chi connectivity index (χ1v) is 9.34. The number of carbonyl (C=O) groups excluding carboxylic acids is 2. The summed E-state index contributed by atoms with van der Waals surface area (Å²) >= 11 is 4.13. The third-order valence-corrected chi connectivity index (χ3v) is 3.85. The molecule has 29 heavy (non-hydrogen) atoms. The molecule has 0 spiro atoms. The molecule has 0 aromatic carbocycles. The lowest BCUT2D eigenvalue weighted by atomic mass is 10.1. The first-order chi connectivity index (χ1) is 13.5. The minimum Gasteiger partial charge on any atom is -0.480 e. The van der Waals surface area contributed by atoms with E-state index in [0.29, 0.717) is 11.9 Å². The lowest BCUT2D eigenvalue weighted by molar-refractivity contribution is -0.139. The largest absolute Gasteiger partial charge is 0.480 e. The van der Waals surface area contributed by atoms with Gasteiger partial charge in [0, 0.05) is 34.5 Å². The second-order valence-corrected chi connectivity index (χ2v) is 6.32. The lowest BCUT2D eigenvalue weighted by Gasteiger charge is -2.16.